The second kappa shape index (κ2) is 9.46. The van der Waals surface area contributed by atoms with Gasteiger partial charge in [-0.3, -0.25) is 4.90 Å². The fraction of sp³-hybridized carbons (Fsp3) is 0.440. The minimum Gasteiger partial charge on any atom is -0.497 e. The van der Waals surface area contributed by atoms with Crippen LogP contribution in [0.1, 0.15) is 41.0 Å². The first-order chi connectivity index (χ1) is 15.7. The fourth-order valence-electron chi connectivity index (χ4n) is 4.43. The Hall–Kier alpha value is -2.64. The molecule has 0 bridgehead atoms. The molecule has 5 rings (SSSR count). The monoisotopic (exact) mass is 450 g/mol. The van der Waals surface area contributed by atoms with E-state index in [9.17, 15) is 0 Å². The predicted molar refractivity (Wildman–Crippen MR) is 128 cm³/mol. The number of methoxy groups -OCH3 is 1. The molecular formula is C25H30N4O2S. The van der Waals surface area contributed by atoms with Crippen LogP contribution >= 0.6 is 11.3 Å². The smallest absolute Gasteiger partial charge is 0.228 e. The van der Waals surface area contributed by atoms with Crippen molar-refractivity contribution in [2.75, 3.05) is 31.6 Å². The zero-order chi connectivity index (χ0) is 21.9. The molecule has 2 aliphatic rings. The van der Waals surface area contributed by atoms with Crippen LogP contribution in [0.15, 0.2) is 35.7 Å². The molecule has 1 fully saturated rings. The van der Waals surface area contributed by atoms with Gasteiger partial charge in [-0.1, -0.05) is 6.07 Å². The highest BCUT2D eigenvalue weighted by molar-refractivity contribution is 7.10. The van der Waals surface area contributed by atoms with Crippen molar-refractivity contribution in [3.63, 3.8) is 0 Å². The van der Waals surface area contributed by atoms with E-state index in [0.717, 1.165) is 67.8 Å². The lowest BCUT2D eigenvalue weighted by Gasteiger charge is -2.31. The standard InChI is InChI=1S/C25H30N4O2S/c1-18-10-14-32-23(18)17-28-13-9-22-21(16-28)24(31-20-8-6-7-19(15-20)30-2)27-25(26-22)29-11-4-3-5-12-29/h6-8,10,14-15H,3-5,9,11-13,16-17H2,1-2H3. The number of aryl methyl sites for hydroxylation is 1. The third-order valence-electron chi connectivity index (χ3n) is 6.32. The summed E-state index contributed by atoms with van der Waals surface area (Å²) in [4.78, 5) is 16.2. The van der Waals surface area contributed by atoms with Gasteiger partial charge in [0.15, 0.2) is 0 Å². The lowest BCUT2D eigenvalue weighted by molar-refractivity contribution is 0.240. The van der Waals surface area contributed by atoms with E-state index in [1.807, 2.05) is 35.6 Å². The van der Waals surface area contributed by atoms with Crippen molar-refractivity contribution in [2.24, 2.45) is 0 Å². The molecule has 2 aliphatic heterocycles. The van der Waals surface area contributed by atoms with Gasteiger partial charge in [0, 0.05) is 50.1 Å². The molecule has 3 aromatic rings. The Morgan fingerprint density at radius 3 is 2.66 bits per heavy atom. The Labute approximate surface area is 193 Å². The van der Waals surface area contributed by atoms with Crippen LogP contribution in [0.3, 0.4) is 0 Å². The van der Waals surface area contributed by atoms with Crippen molar-refractivity contribution in [3.8, 4) is 17.4 Å². The summed E-state index contributed by atoms with van der Waals surface area (Å²) < 4.78 is 11.8. The average Bonchev–Trinajstić information content (AvgIpc) is 3.24. The largest absolute Gasteiger partial charge is 0.497 e. The van der Waals surface area contributed by atoms with Gasteiger partial charge in [-0.25, -0.2) is 4.98 Å². The number of ether oxygens (including phenoxy) is 2. The van der Waals surface area contributed by atoms with E-state index < -0.39 is 0 Å². The summed E-state index contributed by atoms with van der Waals surface area (Å²) in [5.74, 6) is 3.00. The highest BCUT2D eigenvalue weighted by Crippen LogP contribution is 2.34. The van der Waals surface area contributed by atoms with Crippen molar-refractivity contribution in [2.45, 2.75) is 45.7 Å². The summed E-state index contributed by atoms with van der Waals surface area (Å²) in [5.41, 5.74) is 3.59. The summed E-state index contributed by atoms with van der Waals surface area (Å²) in [6.07, 6.45) is 4.59. The molecule has 32 heavy (non-hydrogen) atoms. The maximum Gasteiger partial charge on any atom is 0.228 e. The molecule has 0 radical (unpaired) electrons. The SMILES string of the molecule is COc1cccc(Oc2nc(N3CCCCC3)nc3c2CN(Cc2sccc2C)CC3)c1. The molecule has 6 nitrogen and oxygen atoms in total. The molecule has 1 aromatic carbocycles. The van der Waals surface area contributed by atoms with Crippen LogP contribution in [-0.4, -0.2) is 41.6 Å². The number of nitrogens with zero attached hydrogens (tertiary/aromatic N) is 4. The molecule has 0 saturated carbocycles. The number of rotatable bonds is 6. The molecule has 1 saturated heterocycles. The molecule has 4 heterocycles. The number of benzene rings is 1. The minimum absolute atomic E-state index is 0.677. The number of aromatic nitrogens is 2. The number of hydrogen-bond donors (Lipinski definition) is 0. The van der Waals surface area contributed by atoms with E-state index in [-0.39, 0.29) is 0 Å². The Bertz CT molecular complexity index is 1080. The summed E-state index contributed by atoms with van der Waals surface area (Å²) in [7, 11) is 1.67. The summed E-state index contributed by atoms with van der Waals surface area (Å²) in [6, 6.07) is 9.92. The highest BCUT2D eigenvalue weighted by atomic mass is 32.1. The van der Waals surface area contributed by atoms with E-state index in [0.29, 0.717) is 5.88 Å². The molecule has 0 aliphatic carbocycles. The second-order valence-electron chi connectivity index (χ2n) is 8.57. The van der Waals surface area contributed by atoms with Crippen LogP contribution < -0.4 is 14.4 Å². The molecule has 168 valence electrons. The number of piperidine rings is 1. The van der Waals surface area contributed by atoms with E-state index >= 15 is 0 Å². The quantitative estimate of drug-likeness (QED) is 0.515. The van der Waals surface area contributed by atoms with Crippen LogP contribution in [0.5, 0.6) is 17.4 Å². The van der Waals surface area contributed by atoms with Gasteiger partial charge in [-0.15, -0.1) is 11.3 Å². The molecule has 2 aromatic heterocycles. The number of hydrogen-bond acceptors (Lipinski definition) is 7. The van der Waals surface area contributed by atoms with Crippen molar-refractivity contribution in [3.05, 3.63) is 57.4 Å². The minimum atomic E-state index is 0.677. The van der Waals surface area contributed by atoms with Crippen molar-refractivity contribution in [1.29, 1.82) is 0 Å². The Morgan fingerprint density at radius 2 is 1.88 bits per heavy atom. The van der Waals surface area contributed by atoms with Crippen molar-refractivity contribution in [1.82, 2.24) is 14.9 Å². The fourth-order valence-corrected chi connectivity index (χ4v) is 5.37. The highest BCUT2D eigenvalue weighted by Gasteiger charge is 2.26. The maximum atomic E-state index is 6.38. The van der Waals surface area contributed by atoms with E-state index in [2.05, 4.69) is 28.2 Å². The topological polar surface area (TPSA) is 50.7 Å². The normalized spacial score (nSPS) is 16.6. The van der Waals surface area contributed by atoms with Crippen LogP contribution in [0.25, 0.3) is 0 Å². The molecule has 0 spiro atoms. The average molecular weight is 451 g/mol. The van der Waals surface area contributed by atoms with Crippen LogP contribution in [0.4, 0.5) is 5.95 Å². The van der Waals surface area contributed by atoms with Crippen LogP contribution in [0, 0.1) is 6.92 Å². The second-order valence-corrected chi connectivity index (χ2v) is 9.57. The first kappa shape index (κ1) is 21.2. The maximum absolute atomic E-state index is 6.38. The Morgan fingerprint density at radius 1 is 1.03 bits per heavy atom. The van der Waals surface area contributed by atoms with Crippen LogP contribution in [0.2, 0.25) is 0 Å². The third kappa shape index (κ3) is 4.59. The van der Waals surface area contributed by atoms with Crippen molar-refractivity contribution >= 4 is 17.3 Å². The summed E-state index contributed by atoms with van der Waals surface area (Å²) in [5, 5.41) is 2.17. The van der Waals surface area contributed by atoms with Gasteiger partial charge >= 0.3 is 0 Å². The molecule has 0 atom stereocenters. The zero-order valence-electron chi connectivity index (χ0n) is 18.8. The predicted octanol–water partition coefficient (Wildman–Crippen LogP) is 5.20. The van der Waals surface area contributed by atoms with Crippen LogP contribution in [-0.2, 0) is 19.5 Å². The number of anilines is 1. The molecule has 0 unspecified atom stereocenters. The first-order valence-corrected chi connectivity index (χ1v) is 12.3. The van der Waals surface area contributed by atoms with Gasteiger partial charge in [-0.2, -0.15) is 4.98 Å². The van der Waals surface area contributed by atoms with Gasteiger partial charge < -0.3 is 14.4 Å². The zero-order valence-corrected chi connectivity index (χ0v) is 19.7. The van der Waals surface area contributed by atoms with E-state index in [4.69, 9.17) is 19.4 Å². The van der Waals surface area contributed by atoms with Gasteiger partial charge in [0.2, 0.25) is 11.8 Å². The Kier molecular flexibility index (Phi) is 6.28. The first-order valence-electron chi connectivity index (χ1n) is 11.4. The molecule has 0 N–H and O–H groups in total. The van der Waals surface area contributed by atoms with Gasteiger partial charge in [0.1, 0.15) is 11.5 Å². The van der Waals surface area contributed by atoms with Gasteiger partial charge in [0.25, 0.3) is 0 Å². The summed E-state index contributed by atoms with van der Waals surface area (Å²) >= 11 is 1.83. The van der Waals surface area contributed by atoms with E-state index in [1.54, 1.807) is 7.11 Å². The molecule has 0 amide bonds. The van der Waals surface area contributed by atoms with Gasteiger partial charge in [-0.05, 0) is 55.3 Å². The molecular weight excluding hydrogens is 420 g/mol. The summed E-state index contributed by atoms with van der Waals surface area (Å²) in [6.45, 7) is 6.97. The lowest BCUT2D eigenvalue weighted by Crippen LogP contribution is -2.34. The number of fused-ring (bicyclic) bond motifs is 1. The third-order valence-corrected chi connectivity index (χ3v) is 7.33. The van der Waals surface area contributed by atoms with Crippen molar-refractivity contribution < 1.29 is 9.47 Å². The Balaban J connectivity index is 1.46. The molecule has 7 heteroatoms. The number of thiophene rings is 1. The lowest BCUT2D eigenvalue weighted by atomic mass is 10.1. The van der Waals surface area contributed by atoms with Gasteiger partial charge in [0.05, 0.1) is 18.4 Å². The van der Waals surface area contributed by atoms with E-state index in [1.165, 1.54) is 29.7 Å².